The molecule has 2 rings (SSSR count). The molecule has 1 fully saturated rings. The van der Waals surface area contributed by atoms with Crippen molar-refractivity contribution in [3.05, 3.63) is 12.2 Å². The fourth-order valence-corrected chi connectivity index (χ4v) is 2.30. The van der Waals surface area contributed by atoms with Crippen molar-refractivity contribution in [2.75, 3.05) is 0 Å². The molecule has 0 unspecified atom stereocenters. The second-order valence-corrected chi connectivity index (χ2v) is 3.96. The molecule has 1 amide bonds. The second-order valence-electron chi connectivity index (χ2n) is 3.96. The van der Waals surface area contributed by atoms with Crippen molar-refractivity contribution in [2.24, 2.45) is 11.8 Å². The highest BCUT2D eigenvalue weighted by Crippen LogP contribution is 2.45. The second kappa shape index (κ2) is 2.10. The molecule has 0 bridgehead atoms. The van der Waals surface area contributed by atoms with Gasteiger partial charge in [-0.05, 0) is 12.8 Å². The molecule has 3 nitrogen and oxygen atoms in total. The van der Waals surface area contributed by atoms with Crippen LogP contribution in [0.5, 0.6) is 0 Å². The zero-order valence-corrected chi connectivity index (χ0v) is 7.32. The maximum Gasteiger partial charge on any atom is 0.247 e. The number of nitrogens with zero attached hydrogens (tertiary/aromatic N) is 1. The van der Waals surface area contributed by atoms with Crippen molar-refractivity contribution in [3.63, 3.8) is 0 Å². The standard InChI is InChI=1S/C9H13NO2/c1-6-3-4-9(2)7(6)5-8(11)10(9)12/h3-4,6-7,12H,5H2,1-2H3/t6-,7+,9-/m1/s1. The van der Waals surface area contributed by atoms with Gasteiger partial charge in [0.25, 0.3) is 0 Å². The Morgan fingerprint density at radius 2 is 2.42 bits per heavy atom. The summed E-state index contributed by atoms with van der Waals surface area (Å²) >= 11 is 0. The first-order valence-corrected chi connectivity index (χ1v) is 4.27. The van der Waals surface area contributed by atoms with E-state index in [9.17, 15) is 10.0 Å². The minimum Gasteiger partial charge on any atom is -0.285 e. The van der Waals surface area contributed by atoms with Gasteiger partial charge in [0.15, 0.2) is 0 Å². The van der Waals surface area contributed by atoms with Crippen LogP contribution in [0.2, 0.25) is 0 Å². The molecule has 0 saturated carbocycles. The number of hydroxylamine groups is 2. The van der Waals surface area contributed by atoms with Crippen LogP contribution in [0.3, 0.4) is 0 Å². The number of allylic oxidation sites excluding steroid dienone is 1. The molecular weight excluding hydrogens is 154 g/mol. The van der Waals surface area contributed by atoms with Gasteiger partial charge in [0.2, 0.25) is 5.91 Å². The lowest BCUT2D eigenvalue weighted by molar-refractivity contribution is -0.173. The molecule has 1 aliphatic carbocycles. The van der Waals surface area contributed by atoms with Crippen LogP contribution in [-0.2, 0) is 4.79 Å². The van der Waals surface area contributed by atoms with Crippen LogP contribution in [-0.4, -0.2) is 21.7 Å². The third-order valence-corrected chi connectivity index (χ3v) is 3.21. The monoisotopic (exact) mass is 167 g/mol. The van der Waals surface area contributed by atoms with Crippen molar-refractivity contribution in [3.8, 4) is 0 Å². The molecule has 3 heteroatoms. The number of carbonyl (C=O) groups is 1. The minimum absolute atomic E-state index is 0.154. The molecule has 12 heavy (non-hydrogen) atoms. The van der Waals surface area contributed by atoms with E-state index >= 15 is 0 Å². The lowest BCUT2D eigenvalue weighted by Crippen LogP contribution is -2.41. The lowest BCUT2D eigenvalue weighted by Gasteiger charge is -2.29. The Morgan fingerprint density at radius 1 is 1.75 bits per heavy atom. The molecule has 3 atom stereocenters. The van der Waals surface area contributed by atoms with E-state index in [1.54, 1.807) is 0 Å². The highest BCUT2D eigenvalue weighted by molar-refractivity contribution is 5.80. The van der Waals surface area contributed by atoms with Gasteiger partial charge in [0, 0.05) is 12.3 Å². The highest BCUT2D eigenvalue weighted by Gasteiger charge is 2.52. The summed E-state index contributed by atoms with van der Waals surface area (Å²) in [4.78, 5) is 11.2. The molecule has 1 heterocycles. The van der Waals surface area contributed by atoms with Crippen molar-refractivity contribution in [1.82, 2.24) is 5.06 Å². The van der Waals surface area contributed by atoms with E-state index in [0.29, 0.717) is 12.3 Å². The summed E-state index contributed by atoms with van der Waals surface area (Å²) in [6.07, 6.45) is 4.48. The Hall–Kier alpha value is -0.830. The van der Waals surface area contributed by atoms with Gasteiger partial charge in [-0.15, -0.1) is 0 Å². The van der Waals surface area contributed by atoms with Gasteiger partial charge in [-0.1, -0.05) is 19.1 Å². The molecule has 0 radical (unpaired) electrons. The maximum absolute atomic E-state index is 11.2. The SMILES string of the molecule is C[C@@H]1C=C[C@]2(C)[C@H]1CC(=O)N2O. The number of fused-ring (bicyclic) bond motifs is 1. The van der Waals surface area contributed by atoms with Gasteiger partial charge in [0.1, 0.15) is 0 Å². The topological polar surface area (TPSA) is 40.5 Å². The fourth-order valence-electron chi connectivity index (χ4n) is 2.30. The summed E-state index contributed by atoms with van der Waals surface area (Å²) in [5, 5.41) is 10.4. The third kappa shape index (κ3) is 0.719. The third-order valence-electron chi connectivity index (χ3n) is 3.21. The van der Waals surface area contributed by atoms with E-state index < -0.39 is 5.54 Å². The molecule has 1 saturated heterocycles. The van der Waals surface area contributed by atoms with Crippen molar-refractivity contribution < 1.29 is 10.0 Å². The van der Waals surface area contributed by atoms with E-state index in [4.69, 9.17) is 0 Å². The Labute approximate surface area is 71.6 Å². The average molecular weight is 167 g/mol. The molecule has 0 aromatic rings. The number of carbonyl (C=O) groups excluding carboxylic acids is 1. The summed E-state index contributed by atoms with van der Waals surface area (Å²) < 4.78 is 0. The van der Waals surface area contributed by atoms with Crippen LogP contribution in [0.4, 0.5) is 0 Å². The van der Waals surface area contributed by atoms with Crippen LogP contribution in [0.15, 0.2) is 12.2 Å². The first kappa shape index (κ1) is 7.80. The number of hydrogen-bond acceptors (Lipinski definition) is 2. The predicted molar refractivity (Wildman–Crippen MR) is 43.4 cm³/mol. The van der Waals surface area contributed by atoms with E-state index in [1.807, 2.05) is 13.0 Å². The zero-order valence-electron chi connectivity index (χ0n) is 7.32. The summed E-state index contributed by atoms with van der Waals surface area (Å²) in [6, 6.07) is 0. The van der Waals surface area contributed by atoms with Gasteiger partial charge >= 0.3 is 0 Å². The average Bonchev–Trinajstić information content (AvgIpc) is 2.42. The highest BCUT2D eigenvalue weighted by atomic mass is 16.5. The van der Waals surface area contributed by atoms with Crippen molar-refractivity contribution in [2.45, 2.75) is 25.8 Å². The van der Waals surface area contributed by atoms with Crippen LogP contribution >= 0.6 is 0 Å². The Morgan fingerprint density at radius 3 is 3.00 bits per heavy atom. The molecule has 66 valence electrons. The lowest BCUT2D eigenvalue weighted by atomic mass is 9.85. The zero-order chi connectivity index (χ0) is 8.93. The largest absolute Gasteiger partial charge is 0.285 e. The molecule has 0 spiro atoms. The number of hydrogen-bond donors (Lipinski definition) is 1. The number of rotatable bonds is 0. The first-order valence-electron chi connectivity index (χ1n) is 4.27. The molecule has 1 N–H and O–H groups in total. The van der Waals surface area contributed by atoms with Crippen LogP contribution in [0.25, 0.3) is 0 Å². The van der Waals surface area contributed by atoms with Crippen molar-refractivity contribution in [1.29, 1.82) is 0 Å². The van der Waals surface area contributed by atoms with Gasteiger partial charge in [-0.25, -0.2) is 5.06 Å². The molecule has 0 aromatic heterocycles. The van der Waals surface area contributed by atoms with E-state index in [-0.39, 0.29) is 11.8 Å². The summed E-state index contributed by atoms with van der Waals surface area (Å²) in [7, 11) is 0. The fraction of sp³-hybridized carbons (Fsp3) is 0.667. The first-order chi connectivity index (χ1) is 5.55. The van der Waals surface area contributed by atoms with Gasteiger partial charge in [-0.2, -0.15) is 0 Å². The van der Waals surface area contributed by atoms with E-state index in [1.165, 1.54) is 0 Å². The number of amides is 1. The Balaban J connectivity index is 2.38. The predicted octanol–water partition coefficient (Wildman–Crippen LogP) is 1.19. The summed E-state index contributed by atoms with van der Waals surface area (Å²) in [6.45, 7) is 3.99. The van der Waals surface area contributed by atoms with Crippen molar-refractivity contribution >= 4 is 5.91 Å². The molecule has 2 aliphatic rings. The molecule has 1 aliphatic heterocycles. The Bertz CT molecular complexity index is 261. The molecule has 0 aromatic carbocycles. The van der Waals surface area contributed by atoms with Gasteiger partial charge < -0.3 is 0 Å². The summed E-state index contributed by atoms with van der Waals surface area (Å²) in [5.41, 5.74) is -0.434. The van der Waals surface area contributed by atoms with Gasteiger partial charge in [0.05, 0.1) is 5.54 Å². The van der Waals surface area contributed by atoms with E-state index in [0.717, 1.165) is 5.06 Å². The smallest absolute Gasteiger partial charge is 0.247 e. The normalized spacial score (nSPS) is 45.6. The maximum atomic E-state index is 11.2. The van der Waals surface area contributed by atoms with E-state index in [2.05, 4.69) is 13.0 Å². The quantitative estimate of drug-likeness (QED) is 0.435. The van der Waals surface area contributed by atoms with Gasteiger partial charge in [-0.3, -0.25) is 10.0 Å². The molecular formula is C9H13NO2. The van der Waals surface area contributed by atoms with Crippen LogP contribution in [0.1, 0.15) is 20.3 Å². The minimum atomic E-state index is -0.434. The van der Waals surface area contributed by atoms with Crippen LogP contribution in [0, 0.1) is 11.8 Å². The Kier molecular flexibility index (Phi) is 1.37. The van der Waals surface area contributed by atoms with Crippen LogP contribution < -0.4 is 0 Å². The summed E-state index contributed by atoms with van der Waals surface area (Å²) in [5.74, 6) is 0.504.